The standard InChI is InChI=1S/C22H32O4SSi/c1-22(2,3)28(4,5)26-11-10-16-8-6-7-9-18(16)20(23)17-14-19(27-15-17)21-24-12-13-25-21/h6-9,14-15,20-21,23H,10-13H2,1-5H3. The van der Waals surface area contributed by atoms with Crippen LogP contribution in [0.3, 0.4) is 0 Å². The molecule has 3 rings (SSSR count). The summed E-state index contributed by atoms with van der Waals surface area (Å²) < 4.78 is 17.5. The molecule has 1 aromatic heterocycles. The van der Waals surface area contributed by atoms with E-state index >= 15 is 0 Å². The van der Waals surface area contributed by atoms with Crippen molar-refractivity contribution in [3.63, 3.8) is 0 Å². The Morgan fingerprint density at radius 2 is 1.89 bits per heavy atom. The van der Waals surface area contributed by atoms with Crippen LogP contribution in [0.1, 0.15) is 54.7 Å². The van der Waals surface area contributed by atoms with Crippen LogP contribution < -0.4 is 0 Å². The van der Waals surface area contributed by atoms with Gasteiger partial charge in [-0.05, 0) is 52.7 Å². The normalized spacial score (nSPS) is 17.2. The molecule has 6 heteroatoms. The lowest BCUT2D eigenvalue weighted by Crippen LogP contribution is -2.41. The van der Waals surface area contributed by atoms with Crippen LogP contribution >= 0.6 is 11.3 Å². The fraction of sp³-hybridized carbons (Fsp3) is 0.545. The van der Waals surface area contributed by atoms with E-state index < -0.39 is 14.4 Å². The van der Waals surface area contributed by atoms with Crippen LogP contribution in [0.25, 0.3) is 0 Å². The SMILES string of the molecule is CC(C)(C)[Si](C)(C)OCCc1ccccc1C(O)c1csc(C2OCCO2)c1. The molecule has 1 aliphatic heterocycles. The predicted molar refractivity (Wildman–Crippen MR) is 116 cm³/mol. The molecule has 28 heavy (non-hydrogen) atoms. The molecule has 4 nitrogen and oxygen atoms in total. The molecule has 0 radical (unpaired) electrons. The van der Waals surface area contributed by atoms with E-state index in [1.807, 2.05) is 29.6 Å². The van der Waals surface area contributed by atoms with Crippen LogP contribution in [0.5, 0.6) is 0 Å². The molecule has 1 unspecified atom stereocenters. The molecule has 1 N–H and O–H groups in total. The Labute approximate surface area is 173 Å². The minimum Gasteiger partial charge on any atom is -0.416 e. The van der Waals surface area contributed by atoms with E-state index in [0.717, 1.165) is 28.0 Å². The Balaban J connectivity index is 1.69. The van der Waals surface area contributed by atoms with Gasteiger partial charge in [0.1, 0.15) is 6.10 Å². The van der Waals surface area contributed by atoms with Crippen molar-refractivity contribution in [2.45, 2.75) is 57.7 Å². The molecular weight excluding hydrogens is 388 g/mol. The summed E-state index contributed by atoms with van der Waals surface area (Å²) in [4.78, 5) is 1.00. The topological polar surface area (TPSA) is 47.9 Å². The van der Waals surface area contributed by atoms with Crippen molar-refractivity contribution in [3.8, 4) is 0 Å². The van der Waals surface area contributed by atoms with E-state index in [-0.39, 0.29) is 11.3 Å². The maximum atomic E-state index is 11.0. The molecule has 0 saturated carbocycles. The van der Waals surface area contributed by atoms with E-state index in [4.69, 9.17) is 13.9 Å². The lowest BCUT2D eigenvalue weighted by molar-refractivity contribution is -0.0413. The van der Waals surface area contributed by atoms with Gasteiger partial charge in [0.15, 0.2) is 14.6 Å². The van der Waals surface area contributed by atoms with Crippen molar-refractivity contribution in [3.05, 3.63) is 57.3 Å². The summed E-state index contributed by atoms with van der Waals surface area (Å²) >= 11 is 1.57. The zero-order chi connectivity index (χ0) is 20.4. The first kappa shape index (κ1) is 21.7. The van der Waals surface area contributed by atoms with Crippen molar-refractivity contribution in [1.82, 2.24) is 0 Å². The summed E-state index contributed by atoms with van der Waals surface area (Å²) in [5, 5.41) is 13.2. The Morgan fingerprint density at radius 1 is 1.21 bits per heavy atom. The fourth-order valence-corrected chi connectivity index (χ4v) is 4.96. The van der Waals surface area contributed by atoms with Crippen LogP contribution in [-0.2, 0) is 20.3 Å². The third-order valence-electron chi connectivity index (χ3n) is 5.80. The summed E-state index contributed by atoms with van der Waals surface area (Å²) in [7, 11) is -1.77. The molecule has 0 aliphatic carbocycles. The van der Waals surface area contributed by atoms with Gasteiger partial charge in [-0.2, -0.15) is 0 Å². The number of ether oxygens (including phenoxy) is 2. The molecule has 0 spiro atoms. The van der Waals surface area contributed by atoms with Gasteiger partial charge in [-0.15, -0.1) is 11.3 Å². The van der Waals surface area contributed by atoms with Crippen molar-refractivity contribution in [2.75, 3.05) is 19.8 Å². The number of hydrogen-bond acceptors (Lipinski definition) is 5. The van der Waals surface area contributed by atoms with Crippen LogP contribution in [0.15, 0.2) is 35.7 Å². The van der Waals surface area contributed by atoms with Crippen molar-refractivity contribution >= 4 is 19.7 Å². The summed E-state index contributed by atoms with van der Waals surface area (Å²) in [6.45, 7) is 13.2. The molecule has 1 aliphatic rings. The van der Waals surface area contributed by atoms with Gasteiger partial charge >= 0.3 is 0 Å². The first-order chi connectivity index (χ1) is 13.2. The zero-order valence-electron chi connectivity index (χ0n) is 17.5. The van der Waals surface area contributed by atoms with Crippen LogP contribution in [-0.4, -0.2) is 33.2 Å². The molecule has 1 fully saturated rings. The highest BCUT2D eigenvalue weighted by Crippen LogP contribution is 2.37. The van der Waals surface area contributed by atoms with Gasteiger partial charge in [0.2, 0.25) is 0 Å². The van der Waals surface area contributed by atoms with Gasteiger partial charge in [-0.3, -0.25) is 0 Å². The number of aliphatic hydroxyl groups is 1. The smallest absolute Gasteiger partial charge is 0.193 e. The van der Waals surface area contributed by atoms with E-state index in [1.165, 1.54) is 0 Å². The van der Waals surface area contributed by atoms with Gasteiger partial charge in [0.25, 0.3) is 0 Å². The zero-order valence-corrected chi connectivity index (χ0v) is 19.3. The number of benzene rings is 1. The van der Waals surface area contributed by atoms with Crippen LogP contribution in [0, 0.1) is 0 Å². The Morgan fingerprint density at radius 3 is 2.57 bits per heavy atom. The average molecular weight is 421 g/mol. The lowest BCUT2D eigenvalue weighted by Gasteiger charge is -2.36. The molecule has 1 saturated heterocycles. The lowest BCUT2D eigenvalue weighted by atomic mass is 9.97. The first-order valence-corrected chi connectivity index (χ1v) is 13.7. The van der Waals surface area contributed by atoms with E-state index in [1.54, 1.807) is 11.3 Å². The second-order valence-electron chi connectivity index (χ2n) is 8.82. The van der Waals surface area contributed by atoms with Gasteiger partial charge < -0.3 is 19.0 Å². The minimum absolute atomic E-state index is 0.198. The molecule has 0 bridgehead atoms. The maximum absolute atomic E-state index is 11.0. The second kappa shape index (κ2) is 8.77. The molecule has 2 heterocycles. The van der Waals surface area contributed by atoms with Crippen molar-refractivity contribution in [2.24, 2.45) is 0 Å². The maximum Gasteiger partial charge on any atom is 0.193 e. The largest absolute Gasteiger partial charge is 0.416 e. The number of rotatable bonds is 7. The van der Waals surface area contributed by atoms with Crippen LogP contribution in [0.4, 0.5) is 0 Å². The number of thiophene rings is 1. The fourth-order valence-electron chi connectivity index (χ4n) is 3.00. The van der Waals surface area contributed by atoms with Gasteiger partial charge in [-0.1, -0.05) is 45.0 Å². The number of aliphatic hydroxyl groups excluding tert-OH is 1. The van der Waals surface area contributed by atoms with Crippen molar-refractivity contribution in [1.29, 1.82) is 0 Å². The van der Waals surface area contributed by atoms with E-state index in [0.29, 0.717) is 19.8 Å². The Kier molecular flexibility index (Phi) is 6.79. The number of hydrogen-bond donors (Lipinski definition) is 1. The van der Waals surface area contributed by atoms with Gasteiger partial charge in [0, 0.05) is 6.61 Å². The van der Waals surface area contributed by atoms with Crippen molar-refractivity contribution < 1.29 is 19.0 Å². The monoisotopic (exact) mass is 420 g/mol. The molecular formula is C22H32O4SSi. The second-order valence-corrected chi connectivity index (χ2v) is 14.6. The summed E-state index contributed by atoms with van der Waals surface area (Å²) in [6.07, 6.45) is -0.152. The predicted octanol–water partition coefficient (Wildman–Crippen LogP) is 5.44. The quantitative estimate of drug-likeness (QED) is 0.606. The Bertz CT molecular complexity index is 775. The summed E-state index contributed by atoms with van der Waals surface area (Å²) in [5.41, 5.74) is 2.96. The highest BCUT2D eigenvalue weighted by atomic mass is 32.1. The van der Waals surface area contributed by atoms with E-state index in [9.17, 15) is 5.11 Å². The van der Waals surface area contributed by atoms with Gasteiger partial charge in [-0.25, -0.2) is 0 Å². The minimum atomic E-state index is -1.77. The molecule has 2 aromatic rings. The highest BCUT2D eigenvalue weighted by molar-refractivity contribution is 7.10. The summed E-state index contributed by atoms with van der Waals surface area (Å²) in [5.74, 6) is 0. The van der Waals surface area contributed by atoms with Crippen LogP contribution in [0.2, 0.25) is 18.1 Å². The highest BCUT2D eigenvalue weighted by Gasteiger charge is 2.36. The third-order valence-corrected chi connectivity index (χ3v) is 11.3. The van der Waals surface area contributed by atoms with Gasteiger partial charge in [0.05, 0.1) is 18.1 Å². The molecule has 1 atom stereocenters. The van der Waals surface area contributed by atoms with E-state index in [2.05, 4.69) is 39.9 Å². The molecule has 154 valence electrons. The molecule has 1 aromatic carbocycles. The summed E-state index contributed by atoms with van der Waals surface area (Å²) in [6, 6.07) is 10.1. The Hall–Kier alpha value is -1.02. The third kappa shape index (κ3) is 4.93. The molecule has 0 amide bonds. The first-order valence-electron chi connectivity index (χ1n) is 9.90. The average Bonchev–Trinajstić information content (AvgIpc) is 3.32.